The molecule has 3 aromatic rings. The molecule has 0 atom stereocenters. The van der Waals surface area contributed by atoms with E-state index >= 15 is 0 Å². The molecular formula is C17H12Cl2F2N2O. The molecule has 2 aromatic carbocycles. The molecule has 0 bridgehead atoms. The summed E-state index contributed by atoms with van der Waals surface area (Å²) < 4.78 is 34.8. The van der Waals surface area contributed by atoms with Gasteiger partial charge in [-0.25, -0.2) is 13.8 Å². The van der Waals surface area contributed by atoms with E-state index < -0.39 is 11.6 Å². The fourth-order valence-corrected chi connectivity index (χ4v) is 2.99. The maximum atomic E-state index is 14.5. The lowest BCUT2D eigenvalue weighted by molar-refractivity contribution is 0.408. The van der Waals surface area contributed by atoms with Crippen molar-refractivity contribution in [2.24, 2.45) is 0 Å². The Morgan fingerprint density at radius 3 is 2.38 bits per heavy atom. The van der Waals surface area contributed by atoms with Crippen LogP contribution in [0.2, 0.25) is 10.2 Å². The van der Waals surface area contributed by atoms with Gasteiger partial charge >= 0.3 is 0 Å². The zero-order valence-electron chi connectivity index (χ0n) is 12.8. The number of nitrogens with zero attached hydrogens (tertiary/aromatic N) is 2. The lowest BCUT2D eigenvalue weighted by Crippen LogP contribution is -2.02. The summed E-state index contributed by atoms with van der Waals surface area (Å²) in [6.45, 7) is 1.73. The van der Waals surface area contributed by atoms with Crippen molar-refractivity contribution in [1.82, 2.24) is 9.55 Å². The van der Waals surface area contributed by atoms with E-state index in [0.29, 0.717) is 16.5 Å². The molecule has 0 spiro atoms. The average molecular weight is 369 g/mol. The number of rotatable bonds is 3. The lowest BCUT2D eigenvalue weighted by Gasteiger charge is -2.14. The van der Waals surface area contributed by atoms with Gasteiger partial charge in [0, 0.05) is 22.8 Å². The smallest absolute Gasteiger partial charge is 0.156 e. The summed E-state index contributed by atoms with van der Waals surface area (Å²) in [4.78, 5) is 4.20. The topological polar surface area (TPSA) is 27.1 Å². The number of hydrogen-bond donors (Lipinski definition) is 0. The van der Waals surface area contributed by atoms with Crippen molar-refractivity contribution in [3.63, 3.8) is 0 Å². The number of imidazole rings is 1. The van der Waals surface area contributed by atoms with E-state index in [0.717, 1.165) is 12.1 Å². The van der Waals surface area contributed by atoms with E-state index in [1.165, 1.54) is 7.11 Å². The van der Waals surface area contributed by atoms with Crippen molar-refractivity contribution in [2.75, 3.05) is 7.11 Å². The maximum Gasteiger partial charge on any atom is 0.156 e. The predicted octanol–water partition coefficient (Wildman–Crippen LogP) is 5.44. The lowest BCUT2D eigenvalue weighted by atomic mass is 10.1. The first-order valence-corrected chi connectivity index (χ1v) is 7.72. The average Bonchev–Trinajstić information content (AvgIpc) is 2.81. The summed E-state index contributed by atoms with van der Waals surface area (Å²) in [5, 5.41) is 0.654. The van der Waals surface area contributed by atoms with E-state index in [2.05, 4.69) is 4.98 Å². The third kappa shape index (κ3) is 2.85. The van der Waals surface area contributed by atoms with Crippen LogP contribution in [0.4, 0.5) is 8.78 Å². The number of methoxy groups -OCH3 is 1. The summed E-state index contributed by atoms with van der Waals surface area (Å²) in [6.07, 6.45) is 0. The van der Waals surface area contributed by atoms with Gasteiger partial charge in [0.2, 0.25) is 0 Å². The summed E-state index contributed by atoms with van der Waals surface area (Å²) in [6, 6.07) is 8.79. The normalized spacial score (nSPS) is 10.9. The fraction of sp³-hybridized carbons (Fsp3) is 0.118. The summed E-state index contributed by atoms with van der Waals surface area (Å²) in [7, 11) is 1.33. The highest BCUT2D eigenvalue weighted by molar-refractivity contribution is 6.32. The third-order valence-corrected chi connectivity index (χ3v) is 4.08. The Morgan fingerprint density at radius 1 is 1.08 bits per heavy atom. The second kappa shape index (κ2) is 6.42. The monoisotopic (exact) mass is 368 g/mol. The van der Waals surface area contributed by atoms with Crippen LogP contribution in [0, 0.1) is 18.6 Å². The zero-order chi connectivity index (χ0) is 17.4. The Labute approximate surface area is 147 Å². The minimum Gasteiger partial charge on any atom is -0.496 e. The second-order valence-corrected chi connectivity index (χ2v) is 5.87. The highest BCUT2D eigenvalue weighted by Crippen LogP contribution is 2.39. The van der Waals surface area contributed by atoms with Crippen molar-refractivity contribution in [3.05, 3.63) is 64.0 Å². The Bertz CT molecular complexity index is 908. The summed E-state index contributed by atoms with van der Waals surface area (Å²) >= 11 is 12.2. The van der Waals surface area contributed by atoms with E-state index in [9.17, 15) is 8.78 Å². The molecule has 0 unspecified atom stereocenters. The van der Waals surface area contributed by atoms with Crippen molar-refractivity contribution in [3.8, 4) is 22.7 Å². The van der Waals surface area contributed by atoms with Gasteiger partial charge in [0.25, 0.3) is 0 Å². The first-order chi connectivity index (χ1) is 11.4. The molecule has 3 rings (SSSR count). The van der Waals surface area contributed by atoms with Crippen LogP contribution < -0.4 is 4.74 Å². The number of ether oxygens (including phenoxy) is 1. The minimum absolute atomic E-state index is 0.0320. The number of halogens is 4. The molecule has 0 N–H and O–H groups in total. The van der Waals surface area contributed by atoms with E-state index in [-0.39, 0.29) is 22.2 Å². The molecule has 3 nitrogen and oxygen atoms in total. The zero-order valence-corrected chi connectivity index (χ0v) is 14.3. The minimum atomic E-state index is -0.788. The van der Waals surface area contributed by atoms with Crippen molar-refractivity contribution in [2.45, 2.75) is 6.92 Å². The Morgan fingerprint density at radius 2 is 1.75 bits per heavy atom. The molecule has 0 amide bonds. The summed E-state index contributed by atoms with van der Waals surface area (Å²) in [5.41, 5.74) is 1.02. The SMILES string of the molecule is COc1cc(F)cc(F)c1-c1c(Cl)nc(C)n1-c1ccc(Cl)cc1. The van der Waals surface area contributed by atoms with Gasteiger partial charge in [-0.3, -0.25) is 4.57 Å². The van der Waals surface area contributed by atoms with Gasteiger partial charge in [-0.05, 0) is 31.2 Å². The van der Waals surface area contributed by atoms with Crippen LogP contribution in [0.25, 0.3) is 16.9 Å². The number of hydrogen-bond acceptors (Lipinski definition) is 2. The van der Waals surface area contributed by atoms with E-state index in [1.807, 2.05) is 0 Å². The molecule has 0 aliphatic heterocycles. The summed E-state index contributed by atoms with van der Waals surface area (Å²) in [5.74, 6) is -0.949. The highest BCUT2D eigenvalue weighted by atomic mass is 35.5. The van der Waals surface area contributed by atoms with Crippen LogP contribution in [-0.4, -0.2) is 16.7 Å². The van der Waals surface area contributed by atoms with Gasteiger partial charge in [-0.15, -0.1) is 0 Å². The van der Waals surface area contributed by atoms with Crippen LogP contribution in [0.5, 0.6) is 5.75 Å². The van der Waals surface area contributed by atoms with Gasteiger partial charge in [-0.2, -0.15) is 0 Å². The molecule has 1 aromatic heterocycles. The van der Waals surface area contributed by atoms with Crippen molar-refractivity contribution >= 4 is 23.2 Å². The first kappa shape index (κ1) is 16.7. The van der Waals surface area contributed by atoms with Crippen molar-refractivity contribution in [1.29, 1.82) is 0 Å². The third-order valence-electron chi connectivity index (χ3n) is 3.56. The molecule has 124 valence electrons. The van der Waals surface area contributed by atoms with Gasteiger partial charge in [0.1, 0.15) is 23.2 Å². The van der Waals surface area contributed by atoms with Crippen LogP contribution >= 0.6 is 23.2 Å². The predicted molar refractivity (Wildman–Crippen MR) is 90.2 cm³/mol. The Balaban J connectivity index is 2.33. The highest BCUT2D eigenvalue weighted by Gasteiger charge is 2.24. The molecule has 0 saturated heterocycles. The molecule has 7 heteroatoms. The maximum absolute atomic E-state index is 14.5. The number of benzene rings is 2. The molecule has 0 saturated carbocycles. The standard InChI is InChI=1S/C17H12Cl2F2N2O/c1-9-22-17(19)16(23(9)12-5-3-10(18)4-6-12)15-13(21)7-11(20)8-14(15)24-2/h3-8H,1-2H3. The van der Waals surface area contributed by atoms with Gasteiger partial charge < -0.3 is 4.74 Å². The second-order valence-electron chi connectivity index (χ2n) is 5.08. The van der Waals surface area contributed by atoms with Gasteiger partial charge in [-0.1, -0.05) is 23.2 Å². The van der Waals surface area contributed by atoms with Crippen LogP contribution in [-0.2, 0) is 0 Å². The van der Waals surface area contributed by atoms with E-state index in [4.69, 9.17) is 27.9 Å². The van der Waals surface area contributed by atoms with Crippen LogP contribution in [0.1, 0.15) is 5.82 Å². The van der Waals surface area contributed by atoms with E-state index in [1.54, 1.807) is 35.8 Å². The molecule has 0 fully saturated rings. The Kier molecular flexibility index (Phi) is 4.47. The molecule has 0 radical (unpaired) electrons. The molecule has 0 aliphatic carbocycles. The van der Waals surface area contributed by atoms with Gasteiger partial charge in [0.15, 0.2) is 5.15 Å². The quantitative estimate of drug-likeness (QED) is 0.615. The fourth-order valence-electron chi connectivity index (χ4n) is 2.56. The number of aromatic nitrogens is 2. The van der Waals surface area contributed by atoms with Gasteiger partial charge in [0.05, 0.1) is 18.4 Å². The first-order valence-electron chi connectivity index (χ1n) is 6.96. The molecule has 0 aliphatic rings. The molecule has 24 heavy (non-hydrogen) atoms. The van der Waals surface area contributed by atoms with Crippen LogP contribution in [0.3, 0.4) is 0 Å². The largest absolute Gasteiger partial charge is 0.496 e. The molecular weight excluding hydrogens is 357 g/mol. The van der Waals surface area contributed by atoms with Crippen LogP contribution in [0.15, 0.2) is 36.4 Å². The van der Waals surface area contributed by atoms with Crippen molar-refractivity contribution < 1.29 is 13.5 Å². The molecule has 1 heterocycles. The Hall–Kier alpha value is -2.11. The number of aryl methyl sites for hydroxylation is 1.